The molecule has 0 spiro atoms. The number of anilines is 2. The molecule has 1 N–H and O–H groups in total. The van der Waals surface area contributed by atoms with Crippen molar-refractivity contribution < 1.29 is 115 Å². The van der Waals surface area contributed by atoms with Gasteiger partial charge in [0.2, 0.25) is 15.8 Å². The van der Waals surface area contributed by atoms with Crippen molar-refractivity contribution in [2.45, 2.75) is 9.79 Å². The van der Waals surface area contributed by atoms with E-state index in [-0.39, 0.29) is 87.5 Å². The average molecular weight is 797 g/mol. The Morgan fingerprint density at radius 1 is 0.745 bits per heavy atom. The number of nitrogens with one attached hydrogen (secondary N) is 1. The predicted octanol–water partition coefficient (Wildman–Crippen LogP) is -3.94. The normalized spacial score (nSPS) is 12.9. The first kappa shape index (κ1) is 43.2. The van der Waals surface area contributed by atoms with Crippen molar-refractivity contribution in [2.75, 3.05) is 37.0 Å². The minimum Gasteiger partial charge on any atom is -0.748 e. The molecule has 0 fully saturated rings. The molecule has 260 valence electrons. The van der Waals surface area contributed by atoms with E-state index in [2.05, 4.69) is 9.50 Å². The van der Waals surface area contributed by atoms with Gasteiger partial charge in [-0.15, -0.1) is 0 Å². The van der Waals surface area contributed by atoms with Crippen LogP contribution in [0, 0.1) is 0 Å². The molecule has 0 amide bonds. The Morgan fingerprint density at radius 3 is 2.10 bits per heavy atom. The number of fused-ring (bicyclic) bond motifs is 2. The van der Waals surface area contributed by atoms with E-state index >= 15 is 0 Å². The number of hydrogen-bond donors (Lipinski definition) is 1. The van der Waals surface area contributed by atoms with Crippen LogP contribution >= 0.6 is 0 Å². The van der Waals surface area contributed by atoms with Gasteiger partial charge in [-0.2, -0.15) is 0 Å². The standard InChI is InChI=1S/C30H28N2O13S4.2Na/c1-32(13-15-47(35,36)37)22-10-12-25-28(19-22)45-27-18-21(9-11-24(27)30(25)26-7-2-3-8-29(26)48(38,39)40)31-20-5-4-6-23(17-20)46(33,34)16-14-44-49(41,42)43;;/h2-12,17-19H,13-16H2,1H3,(H3,35,36,37,38,39,40,41,42,43);;/q;2*+1/p-2. The zero-order chi connectivity index (χ0) is 35.8. The summed E-state index contributed by atoms with van der Waals surface area (Å²) in [5, 5.41) is 3.94. The second kappa shape index (κ2) is 16.9. The van der Waals surface area contributed by atoms with Crippen LogP contribution in [-0.2, 0) is 44.7 Å². The fourth-order valence-corrected chi connectivity index (χ4v) is 7.76. The second-order valence-electron chi connectivity index (χ2n) is 10.7. The summed E-state index contributed by atoms with van der Waals surface area (Å²) in [5.41, 5.74) is 1.80. The number of rotatable bonds is 12. The van der Waals surface area contributed by atoms with Crippen LogP contribution in [0.5, 0.6) is 0 Å². The van der Waals surface area contributed by atoms with Crippen molar-refractivity contribution in [2.24, 2.45) is 0 Å². The van der Waals surface area contributed by atoms with Gasteiger partial charge in [0.1, 0.15) is 38.6 Å². The molecule has 1 heterocycles. The van der Waals surface area contributed by atoms with Gasteiger partial charge >= 0.3 is 59.1 Å². The Kier molecular flexibility index (Phi) is 14.3. The number of nitrogens with zero attached hydrogens (tertiary/aromatic N) is 1. The van der Waals surface area contributed by atoms with Gasteiger partial charge in [0, 0.05) is 45.6 Å². The molecule has 0 radical (unpaired) electrons. The number of sulfone groups is 1. The van der Waals surface area contributed by atoms with Gasteiger partial charge in [0.05, 0.1) is 34.0 Å². The maximum Gasteiger partial charge on any atom is 1.00 e. The average Bonchev–Trinajstić information content (AvgIpc) is 3.01. The Morgan fingerprint density at radius 2 is 1.43 bits per heavy atom. The molecule has 5 rings (SSSR count). The van der Waals surface area contributed by atoms with Crippen LogP contribution in [0.4, 0.5) is 11.4 Å². The molecule has 0 saturated carbocycles. The van der Waals surface area contributed by atoms with Crippen LogP contribution in [0.3, 0.4) is 0 Å². The Labute approximate surface area is 338 Å². The van der Waals surface area contributed by atoms with E-state index in [4.69, 9.17) is 4.42 Å². The molecule has 3 aromatic rings. The first-order valence-electron chi connectivity index (χ1n) is 14.0. The Balaban J connectivity index is 0.00000351. The van der Waals surface area contributed by atoms with Gasteiger partial charge in [-0.05, 0) is 42.5 Å². The van der Waals surface area contributed by atoms with Crippen molar-refractivity contribution in [1.82, 2.24) is 4.58 Å². The van der Waals surface area contributed by atoms with Gasteiger partial charge in [-0.3, -0.25) is 4.18 Å². The minimum atomic E-state index is -5.07. The van der Waals surface area contributed by atoms with Crippen LogP contribution in [0.1, 0.15) is 0 Å². The molecule has 15 nitrogen and oxygen atoms in total. The van der Waals surface area contributed by atoms with Crippen LogP contribution in [0.25, 0.3) is 33.4 Å². The summed E-state index contributed by atoms with van der Waals surface area (Å²) in [5.74, 6) is -1.20. The van der Waals surface area contributed by atoms with E-state index in [1.54, 1.807) is 55.6 Å². The number of hydrogen-bond acceptors (Lipinski definition) is 14. The van der Waals surface area contributed by atoms with E-state index in [9.17, 15) is 47.3 Å². The molecule has 0 unspecified atom stereocenters. The third kappa shape index (κ3) is 11.2. The summed E-state index contributed by atoms with van der Waals surface area (Å²) in [6, 6.07) is 20.8. The maximum atomic E-state index is 12.7. The monoisotopic (exact) mass is 796 g/mol. The third-order valence-electron chi connectivity index (χ3n) is 7.31. The summed E-state index contributed by atoms with van der Waals surface area (Å²) in [7, 11) is -17.0. The first-order chi connectivity index (χ1) is 22.8. The van der Waals surface area contributed by atoms with E-state index in [1.807, 2.05) is 0 Å². The fourth-order valence-electron chi connectivity index (χ4n) is 5.05. The SMILES string of the molecule is C[N+](CCS(=O)(=O)[O-])=c1ccc2c(-c3ccccc3S(=O)(=O)[O-])c3ccc(Nc4cccc(S(=O)(=O)CCOS(=O)(=O)[O-])c4)cc3oc-2c1.[Na+].[Na+]. The van der Waals surface area contributed by atoms with E-state index in [0.29, 0.717) is 33.2 Å². The molecule has 2 aliphatic rings. The largest absolute Gasteiger partial charge is 1.00 e. The first-order valence-corrected chi connectivity index (χ1v) is 20.0. The van der Waals surface area contributed by atoms with E-state index in [1.165, 1.54) is 41.0 Å². The summed E-state index contributed by atoms with van der Waals surface area (Å²) >= 11 is 0. The van der Waals surface area contributed by atoms with Crippen molar-refractivity contribution in [3.05, 3.63) is 90.3 Å². The Bertz CT molecular complexity index is 2580. The van der Waals surface area contributed by atoms with Crippen LogP contribution in [0.2, 0.25) is 0 Å². The zero-order valence-corrected chi connectivity index (χ0v) is 34.6. The van der Waals surface area contributed by atoms with Crippen molar-refractivity contribution in [3.8, 4) is 22.5 Å². The number of benzene rings is 4. The topological polar surface area (TPSA) is 243 Å². The Hall–Kier alpha value is -2.21. The smallest absolute Gasteiger partial charge is 0.748 e. The van der Waals surface area contributed by atoms with Gasteiger partial charge < -0.3 is 23.4 Å². The third-order valence-corrected chi connectivity index (χ3v) is 11.0. The van der Waals surface area contributed by atoms with Crippen LogP contribution in [0.15, 0.2) is 99.1 Å². The van der Waals surface area contributed by atoms with Crippen LogP contribution in [-0.4, -0.2) is 79.0 Å². The molecule has 0 bridgehead atoms. The van der Waals surface area contributed by atoms with Gasteiger partial charge in [0.25, 0.3) is 0 Å². The van der Waals surface area contributed by atoms with E-state index < -0.39 is 63.5 Å². The minimum absolute atomic E-state index is 0. The van der Waals surface area contributed by atoms with Crippen molar-refractivity contribution >= 4 is 62.8 Å². The molecule has 1 aliphatic heterocycles. The van der Waals surface area contributed by atoms with E-state index in [0.717, 1.165) is 0 Å². The maximum absolute atomic E-state index is 12.7. The zero-order valence-electron chi connectivity index (χ0n) is 27.3. The molecule has 21 heteroatoms. The molecule has 0 saturated heterocycles. The van der Waals surface area contributed by atoms with Gasteiger partial charge in [-0.1, -0.05) is 24.3 Å². The molecular formula is C30H26N2Na2O13S4. The summed E-state index contributed by atoms with van der Waals surface area (Å²) in [4.78, 5) is -0.649. The summed E-state index contributed by atoms with van der Waals surface area (Å²) < 4.78 is 140. The quantitative estimate of drug-likeness (QED) is 0.0417. The molecule has 0 aromatic heterocycles. The molecule has 3 aromatic carbocycles. The van der Waals surface area contributed by atoms with Gasteiger partial charge in [-0.25, -0.2) is 38.2 Å². The molecule has 51 heavy (non-hydrogen) atoms. The molecule has 1 aliphatic carbocycles. The second-order valence-corrected chi connectivity index (χ2v) is 16.7. The van der Waals surface area contributed by atoms with Crippen LogP contribution < -0.4 is 74.4 Å². The predicted molar refractivity (Wildman–Crippen MR) is 174 cm³/mol. The summed E-state index contributed by atoms with van der Waals surface area (Å²) in [6.45, 7) is -0.983. The van der Waals surface area contributed by atoms with Gasteiger partial charge in [0.15, 0.2) is 16.4 Å². The fraction of sp³-hybridized carbons (Fsp3) is 0.167. The molecule has 0 atom stereocenters. The summed E-state index contributed by atoms with van der Waals surface area (Å²) in [6.07, 6.45) is 0. The van der Waals surface area contributed by atoms with Crippen molar-refractivity contribution in [3.63, 3.8) is 0 Å². The van der Waals surface area contributed by atoms with Crippen molar-refractivity contribution in [1.29, 1.82) is 0 Å². The molecular weight excluding hydrogens is 771 g/mol.